The highest BCUT2D eigenvalue weighted by molar-refractivity contribution is 5.80. The number of hydrogen-bond donors (Lipinski definition) is 2. The number of hydrogen-bond acceptors (Lipinski definition) is 3. The quantitative estimate of drug-likeness (QED) is 0.620. The van der Waals surface area contributed by atoms with E-state index in [9.17, 15) is 9.70 Å². The van der Waals surface area contributed by atoms with E-state index < -0.39 is 0 Å². The first kappa shape index (κ1) is 6.78. The SMILES string of the molecule is O=Nc1ccc2[nH][nH]c(=O)c2c1. The molecule has 5 nitrogen and oxygen atoms in total. The largest absolute Gasteiger partial charge is 0.298 e. The molecule has 1 heterocycles. The van der Waals surface area contributed by atoms with Crippen LogP contribution in [0.25, 0.3) is 10.9 Å². The lowest BCUT2D eigenvalue weighted by molar-refractivity contribution is 1.08. The van der Waals surface area contributed by atoms with Gasteiger partial charge in [-0.05, 0) is 23.4 Å². The molecule has 5 heteroatoms. The summed E-state index contributed by atoms with van der Waals surface area (Å²) in [5, 5.41) is 8.24. The van der Waals surface area contributed by atoms with Gasteiger partial charge in [0.2, 0.25) is 0 Å². The van der Waals surface area contributed by atoms with Gasteiger partial charge >= 0.3 is 0 Å². The van der Waals surface area contributed by atoms with E-state index in [1.807, 2.05) is 0 Å². The van der Waals surface area contributed by atoms with Crippen LogP contribution in [0.3, 0.4) is 0 Å². The lowest BCUT2D eigenvalue weighted by Gasteiger charge is -1.86. The van der Waals surface area contributed by atoms with Gasteiger partial charge in [0.05, 0.1) is 10.9 Å². The lowest BCUT2D eigenvalue weighted by Crippen LogP contribution is -1.96. The van der Waals surface area contributed by atoms with Crippen molar-refractivity contribution >= 4 is 16.6 Å². The normalized spacial score (nSPS) is 10.3. The third kappa shape index (κ3) is 0.833. The van der Waals surface area contributed by atoms with Crippen molar-refractivity contribution in [1.82, 2.24) is 10.2 Å². The van der Waals surface area contributed by atoms with Gasteiger partial charge in [0, 0.05) is 0 Å². The van der Waals surface area contributed by atoms with Crippen molar-refractivity contribution in [2.24, 2.45) is 5.18 Å². The summed E-state index contributed by atoms with van der Waals surface area (Å²) in [5.41, 5.74) is 0.690. The predicted octanol–water partition coefficient (Wildman–Crippen LogP) is 1.25. The summed E-state index contributed by atoms with van der Waals surface area (Å²) in [4.78, 5) is 21.1. The Kier molecular flexibility index (Phi) is 1.30. The standard InChI is InChI=1S/C7H5N3O2/c11-7-5-3-4(10-12)1-2-6(5)8-9-7/h1-3H,(H2,8,9,11). The number of nitrogens with one attached hydrogen (secondary N) is 2. The number of aromatic nitrogens is 2. The molecule has 60 valence electrons. The number of aromatic amines is 2. The molecule has 0 aliphatic carbocycles. The van der Waals surface area contributed by atoms with E-state index in [2.05, 4.69) is 15.4 Å². The molecular formula is C7H5N3O2. The van der Waals surface area contributed by atoms with Gasteiger partial charge in [0.15, 0.2) is 0 Å². The Morgan fingerprint density at radius 3 is 2.83 bits per heavy atom. The van der Waals surface area contributed by atoms with E-state index in [1.54, 1.807) is 12.1 Å². The van der Waals surface area contributed by atoms with Crippen LogP contribution in [0.2, 0.25) is 0 Å². The van der Waals surface area contributed by atoms with Crippen molar-refractivity contribution in [2.75, 3.05) is 0 Å². The van der Waals surface area contributed by atoms with E-state index in [4.69, 9.17) is 0 Å². The third-order valence-electron chi connectivity index (χ3n) is 1.66. The zero-order chi connectivity index (χ0) is 8.55. The molecule has 0 bridgehead atoms. The van der Waals surface area contributed by atoms with Crippen LogP contribution in [0.5, 0.6) is 0 Å². The molecule has 0 aliphatic heterocycles. The number of fused-ring (bicyclic) bond motifs is 1. The van der Waals surface area contributed by atoms with Crippen molar-refractivity contribution in [3.05, 3.63) is 33.5 Å². The van der Waals surface area contributed by atoms with Crippen molar-refractivity contribution < 1.29 is 0 Å². The maximum Gasteiger partial charge on any atom is 0.271 e. The van der Waals surface area contributed by atoms with Crippen molar-refractivity contribution in [2.45, 2.75) is 0 Å². The first-order valence-electron chi connectivity index (χ1n) is 3.35. The molecule has 0 saturated carbocycles. The molecule has 0 spiro atoms. The van der Waals surface area contributed by atoms with Gasteiger partial charge in [-0.1, -0.05) is 0 Å². The van der Waals surface area contributed by atoms with E-state index in [-0.39, 0.29) is 11.2 Å². The number of H-pyrrole nitrogens is 2. The average Bonchev–Trinajstić information content (AvgIpc) is 2.47. The van der Waals surface area contributed by atoms with Crippen molar-refractivity contribution in [3.63, 3.8) is 0 Å². The molecule has 0 unspecified atom stereocenters. The second-order valence-electron chi connectivity index (χ2n) is 2.40. The summed E-state index contributed by atoms with van der Waals surface area (Å²) in [6.45, 7) is 0. The van der Waals surface area contributed by atoms with Crippen LogP contribution < -0.4 is 5.56 Å². The summed E-state index contributed by atoms with van der Waals surface area (Å²) in [7, 11) is 0. The van der Waals surface area contributed by atoms with E-state index in [0.29, 0.717) is 10.9 Å². The van der Waals surface area contributed by atoms with Gasteiger partial charge in [-0.15, -0.1) is 4.91 Å². The Bertz CT molecular complexity index is 483. The zero-order valence-electron chi connectivity index (χ0n) is 6.00. The molecule has 0 fully saturated rings. The van der Waals surface area contributed by atoms with E-state index in [1.165, 1.54) is 6.07 Å². The minimum atomic E-state index is -0.240. The Morgan fingerprint density at radius 2 is 2.08 bits per heavy atom. The first-order chi connectivity index (χ1) is 5.81. The molecule has 0 radical (unpaired) electrons. The summed E-state index contributed by atoms with van der Waals surface area (Å²) in [6.07, 6.45) is 0. The Labute approximate surface area is 66.4 Å². The fourth-order valence-corrected chi connectivity index (χ4v) is 1.08. The molecule has 12 heavy (non-hydrogen) atoms. The highest BCUT2D eigenvalue weighted by Crippen LogP contribution is 2.15. The molecular weight excluding hydrogens is 158 g/mol. The van der Waals surface area contributed by atoms with E-state index >= 15 is 0 Å². The zero-order valence-corrected chi connectivity index (χ0v) is 6.00. The molecule has 0 saturated heterocycles. The van der Waals surface area contributed by atoms with Crippen LogP contribution in [-0.2, 0) is 0 Å². The summed E-state index contributed by atoms with van der Waals surface area (Å²) in [5.74, 6) is 0. The van der Waals surface area contributed by atoms with Crippen LogP contribution in [0.15, 0.2) is 28.2 Å². The molecule has 0 aliphatic rings. The minimum Gasteiger partial charge on any atom is -0.298 e. The van der Waals surface area contributed by atoms with Crippen molar-refractivity contribution in [3.8, 4) is 0 Å². The molecule has 0 amide bonds. The number of rotatable bonds is 1. The second-order valence-corrected chi connectivity index (χ2v) is 2.40. The Morgan fingerprint density at radius 1 is 1.25 bits per heavy atom. The molecule has 2 aromatic rings. The number of nitroso groups, excluding NO2 is 1. The van der Waals surface area contributed by atoms with Gasteiger partial charge in [0.25, 0.3) is 5.56 Å². The van der Waals surface area contributed by atoms with Crippen LogP contribution in [-0.4, -0.2) is 10.2 Å². The molecule has 1 aromatic carbocycles. The molecule has 2 rings (SSSR count). The second kappa shape index (κ2) is 2.30. The van der Waals surface area contributed by atoms with Crippen LogP contribution >= 0.6 is 0 Å². The van der Waals surface area contributed by atoms with Gasteiger partial charge in [-0.3, -0.25) is 15.0 Å². The predicted molar refractivity (Wildman–Crippen MR) is 44.4 cm³/mol. The van der Waals surface area contributed by atoms with Gasteiger partial charge in [0.1, 0.15) is 5.69 Å². The lowest BCUT2D eigenvalue weighted by atomic mass is 10.2. The Hall–Kier alpha value is -1.91. The number of nitrogens with zero attached hydrogens (tertiary/aromatic N) is 1. The maximum absolute atomic E-state index is 11.0. The fraction of sp³-hybridized carbons (Fsp3) is 0. The fourth-order valence-electron chi connectivity index (χ4n) is 1.08. The third-order valence-corrected chi connectivity index (χ3v) is 1.66. The smallest absolute Gasteiger partial charge is 0.271 e. The Balaban J connectivity index is 2.88. The highest BCUT2D eigenvalue weighted by atomic mass is 16.3. The minimum absolute atomic E-state index is 0.240. The van der Waals surface area contributed by atoms with Crippen LogP contribution in [0.1, 0.15) is 0 Å². The summed E-state index contributed by atoms with van der Waals surface area (Å²) in [6, 6.07) is 4.61. The van der Waals surface area contributed by atoms with Gasteiger partial charge in [-0.2, -0.15) is 0 Å². The topological polar surface area (TPSA) is 78.1 Å². The van der Waals surface area contributed by atoms with Gasteiger partial charge < -0.3 is 0 Å². The van der Waals surface area contributed by atoms with Gasteiger partial charge in [-0.25, -0.2) is 0 Å². The first-order valence-corrected chi connectivity index (χ1v) is 3.35. The van der Waals surface area contributed by atoms with Crippen LogP contribution in [0, 0.1) is 4.91 Å². The monoisotopic (exact) mass is 163 g/mol. The average molecular weight is 163 g/mol. The maximum atomic E-state index is 11.0. The summed E-state index contributed by atoms with van der Waals surface area (Å²) >= 11 is 0. The molecule has 2 N–H and O–H groups in total. The van der Waals surface area contributed by atoms with Crippen LogP contribution in [0.4, 0.5) is 5.69 Å². The molecule has 1 aromatic heterocycles. The highest BCUT2D eigenvalue weighted by Gasteiger charge is 2.00. The van der Waals surface area contributed by atoms with E-state index in [0.717, 1.165) is 0 Å². The summed E-state index contributed by atoms with van der Waals surface area (Å²) < 4.78 is 0. The number of benzene rings is 1. The molecule has 0 atom stereocenters. The van der Waals surface area contributed by atoms with Crippen molar-refractivity contribution in [1.29, 1.82) is 0 Å².